The van der Waals surface area contributed by atoms with Crippen molar-refractivity contribution in [1.82, 2.24) is 44.6 Å². The number of halogens is 1. The molecule has 3 N–H and O–H groups in total. The number of nitrogens with zero attached hydrogens (tertiary/aromatic N) is 8. The topological polar surface area (TPSA) is 178 Å². The van der Waals surface area contributed by atoms with Crippen molar-refractivity contribution in [3.63, 3.8) is 0 Å². The predicted octanol–water partition coefficient (Wildman–Crippen LogP) is 2.65. The van der Waals surface area contributed by atoms with E-state index in [0.717, 1.165) is 19.1 Å². The second-order valence-corrected chi connectivity index (χ2v) is 12.6. The molecule has 1 amide bonds. The first kappa shape index (κ1) is 26.1. The van der Waals surface area contributed by atoms with Gasteiger partial charge in [-0.25, -0.2) is 17.8 Å². The minimum atomic E-state index is -3.79. The minimum Gasteiger partial charge on any atom is -0.382 e. The number of aromatic amines is 1. The summed E-state index contributed by atoms with van der Waals surface area (Å²) in [6, 6.07) is 6.02. The van der Waals surface area contributed by atoms with Crippen LogP contribution in [0, 0.1) is 5.82 Å². The van der Waals surface area contributed by atoms with E-state index in [1.807, 2.05) is 4.90 Å². The molecule has 0 saturated carbocycles. The maximum Gasteiger partial charge on any atom is 0.292 e. The van der Waals surface area contributed by atoms with E-state index in [1.54, 1.807) is 24.5 Å². The Kier molecular flexibility index (Phi) is 6.00. The van der Waals surface area contributed by atoms with Crippen molar-refractivity contribution in [3.8, 4) is 22.5 Å². The van der Waals surface area contributed by atoms with Crippen LogP contribution >= 0.6 is 0 Å². The SMILES string of the molecule is CS(=O)(=O)c1c([C@@H]2C[C@H]3CC[C@@H](C2)N3C(=O)c2nnc[nH]2)nc2c(-c3ccc(-c4ncccc4F)nc3)cnn2c1N. The molecular weight excluding hydrogens is 563 g/mol. The van der Waals surface area contributed by atoms with Crippen LogP contribution in [0.4, 0.5) is 10.2 Å². The molecule has 2 saturated heterocycles. The van der Waals surface area contributed by atoms with Gasteiger partial charge in [0.15, 0.2) is 21.3 Å². The zero-order valence-corrected chi connectivity index (χ0v) is 23.2. The number of nitrogen functional groups attached to an aromatic ring is 1. The third-order valence-corrected chi connectivity index (χ3v) is 9.24. The summed E-state index contributed by atoms with van der Waals surface area (Å²) in [6.45, 7) is 0. The number of aromatic nitrogens is 8. The first-order valence-corrected chi connectivity index (χ1v) is 15.2. The van der Waals surface area contributed by atoms with E-state index in [-0.39, 0.29) is 46.1 Å². The smallest absolute Gasteiger partial charge is 0.292 e. The Balaban J connectivity index is 1.28. The van der Waals surface area contributed by atoms with Crippen molar-refractivity contribution >= 4 is 27.2 Å². The van der Waals surface area contributed by atoms with Crippen LogP contribution in [0.15, 0.2) is 54.1 Å². The summed E-state index contributed by atoms with van der Waals surface area (Å²) in [5.74, 6) is -0.807. The van der Waals surface area contributed by atoms with Gasteiger partial charge in [-0.2, -0.15) is 9.61 Å². The number of anilines is 1. The van der Waals surface area contributed by atoms with E-state index in [9.17, 15) is 17.6 Å². The van der Waals surface area contributed by atoms with Gasteiger partial charge in [-0.1, -0.05) is 6.07 Å². The largest absolute Gasteiger partial charge is 0.382 e. The lowest BCUT2D eigenvalue weighted by Crippen LogP contribution is -2.46. The maximum absolute atomic E-state index is 14.2. The number of carbonyl (C=O) groups excluding carboxylic acids is 1. The van der Waals surface area contributed by atoms with E-state index in [0.29, 0.717) is 41.0 Å². The van der Waals surface area contributed by atoms with Crippen LogP contribution in [0.3, 0.4) is 0 Å². The Labute approximate surface area is 239 Å². The monoisotopic (exact) mass is 588 g/mol. The van der Waals surface area contributed by atoms with Crippen LogP contribution in [-0.4, -0.2) is 77.3 Å². The number of rotatable bonds is 5. The number of piperidine rings is 1. The third kappa shape index (κ3) is 4.19. The Hall–Kier alpha value is -4.79. The van der Waals surface area contributed by atoms with Gasteiger partial charge >= 0.3 is 0 Å². The van der Waals surface area contributed by atoms with Crippen LogP contribution in [-0.2, 0) is 9.84 Å². The van der Waals surface area contributed by atoms with Crippen molar-refractivity contribution < 1.29 is 17.6 Å². The number of amides is 1. The second kappa shape index (κ2) is 9.65. The molecule has 5 aromatic heterocycles. The average Bonchev–Trinajstić information content (AvgIpc) is 3.71. The van der Waals surface area contributed by atoms with E-state index in [2.05, 4.69) is 30.2 Å². The summed E-state index contributed by atoms with van der Waals surface area (Å²) in [6.07, 6.45) is 9.72. The number of hydrogen-bond acceptors (Lipinski definition) is 10. The van der Waals surface area contributed by atoms with Gasteiger partial charge in [-0.05, 0) is 43.9 Å². The van der Waals surface area contributed by atoms with Crippen molar-refractivity contribution in [2.24, 2.45) is 0 Å². The van der Waals surface area contributed by atoms with Crippen molar-refractivity contribution in [1.29, 1.82) is 0 Å². The van der Waals surface area contributed by atoms with Crippen molar-refractivity contribution in [2.75, 3.05) is 12.0 Å². The Bertz CT molecular complexity index is 1930. The van der Waals surface area contributed by atoms with Crippen LogP contribution in [0.2, 0.25) is 0 Å². The molecule has 214 valence electrons. The number of pyridine rings is 2. The maximum atomic E-state index is 14.2. The molecule has 0 unspecified atom stereocenters. The van der Waals surface area contributed by atoms with Gasteiger partial charge in [-0.15, -0.1) is 10.2 Å². The lowest BCUT2D eigenvalue weighted by Gasteiger charge is -2.38. The average molecular weight is 589 g/mol. The number of sulfone groups is 1. The summed E-state index contributed by atoms with van der Waals surface area (Å²) in [5.41, 5.74) is 8.95. The molecule has 0 aliphatic carbocycles. The summed E-state index contributed by atoms with van der Waals surface area (Å²) < 4.78 is 41.7. The fourth-order valence-corrected chi connectivity index (χ4v) is 7.37. The molecule has 15 heteroatoms. The van der Waals surface area contributed by atoms with E-state index >= 15 is 0 Å². The zero-order valence-electron chi connectivity index (χ0n) is 22.3. The highest BCUT2D eigenvalue weighted by atomic mass is 32.2. The fourth-order valence-electron chi connectivity index (χ4n) is 6.31. The Morgan fingerprint density at radius 2 is 1.90 bits per heavy atom. The normalized spacial score (nSPS) is 20.3. The summed E-state index contributed by atoms with van der Waals surface area (Å²) in [5, 5.41) is 12.0. The lowest BCUT2D eigenvalue weighted by molar-refractivity contribution is 0.0556. The third-order valence-electron chi connectivity index (χ3n) is 8.08. The molecule has 5 aromatic rings. The second-order valence-electron chi connectivity index (χ2n) is 10.6. The Morgan fingerprint density at radius 1 is 1.12 bits per heavy atom. The van der Waals surface area contributed by atoms with Crippen LogP contribution in [0.1, 0.15) is 47.9 Å². The summed E-state index contributed by atoms with van der Waals surface area (Å²) in [4.78, 5) is 31.0. The standard InChI is InChI=1S/C27H25FN10O3S/c1-42(40,41)23-21(15-9-16-5-6-17(10-15)37(16)27(39)25-32-13-33-36-25)35-26-18(12-34-38(26)24(23)29)14-4-7-20(31-11-14)22-19(28)3-2-8-30-22/h2-4,7-8,11-13,15-17H,5-6,9-10,29H2,1H3,(H,32,33,36)/t15-,16-,17+. The number of hydrogen-bond donors (Lipinski definition) is 2. The molecule has 2 aliphatic rings. The van der Waals surface area contributed by atoms with Gasteiger partial charge in [0.1, 0.15) is 22.7 Å². The fraction of sp³-hybridized carbons (Fsp3) is 0.296. The quantitative estimate of drug-likeness (QED) is 0.310. The molecule has 7 rings (SSSR count). The molecule has 2 aliphatic heterocycles. The number of nitrogens with two attached hydrogens (primary N) is 1. The number of nitrogens with one attached hydrogen (secondary N) is 1. The molecule has 0 radical (unpaired) electrons. The highest BCUT2D eigenvalue weighted by Crippen LogP contribution is 2.45. The molecule has 7 heterocycles. The summed E-state index contributed by atoms with van der Waals surface area (Å²) in [7, 11) is -3.79. The first-order valence-electron chi connectivity index (χ1n) is 13.3. The van der Waals surface area contributed by atoms with Gasteiger partial charge in [0.2, 0.25) is 5.82 Å². The molecular formula is C27H25FN10O3S. The lowest BCUT2D eigenvalue weighted by atomic mass is 9.87. The first-order chi connectivity index (χ1) is 20.2. The molecule has 2 bridgehead atoms. The van der Waals surface area contributed by atoms with Crippen molar-refractivity contribution in [2.45, 2.75) is 48.6 Å². The highest BCUT2D eigenvalue weighted by molar-refractivity contribution is 7.91. The Morgan fingerprint density at radius 3 is 2.55 bits per heavy atom. The summed E-state index contributed by atoms with van der Waals surface area (Å²) >= 11 is 0. The van der Waals surface area contributed by atoms with Crippen molar-refractivity contribution in [3.05, 3.63) is 66.5 Å². The molecule has 42 heavy (non-hydrogen) atoms. The van der Waals surface area contributed by atoms with Gasteiger partial charge in [0.25, 0.3) is 5.91 Å². The molecule has 13 nitrogen and oxygen atoms in total. The molecule has 0 aromatic carbocycles. The zero-order chi connectivity index (χ0) is 29.2. The molecule has 3 atom stereocenters. The van der Waals surface area contributed by atoms with Crippen LogP contribution in [0.5, 0.6) is 0 Å². The molecule has 2 fully saturated rings. The minimum absolute atomic E-state index is 0.0311. The number of fused-ring (bicyclic) bond motifs is 3. The van der Waals surface area contributed by atoms with Gasteiger partial charge in [0, 0.05) is 47.8 Å². The number of carbonyl (C=O) groups is 1. The van der Waals surface area contributed by atoms with E-state index < -0.39 is 15.7 Å². The van der Waals surface area contributed by atoms with E-state index in [1.165, 1.54) is 29.2 Å². The van der Waals surface area contributed by atoms with Crippen LogP contribution in [0.25, 0.3) is 28.2 Å². The van der Waals surface area contributed by atoms with Gasteiger partial charge in [-0.3, -0.25) is 14.8 Å². The van der Waals surface area contributed by atoms with E-state index in [4.69, 9.17) is 10.7 Å². The van der Waals surface area contributed by atoms with Gasteiger partial charge in [0.05, 0.1) is 17.6 Å². The van der Waals surface area contributed by atoms with Gasteiger partial charge < -0.3 is 15.6 Å². The van der Waals surface area contributed by atoms with Crippen LogP contribution < -0.4 is 5.73 Å². The molecule has 0 spiro atoms. The number of H-pyrrole nitrogens is 1. The highest BCUT2D eigenvalue weighted by Gasteiger charge is 2.46. The predicted molar refractivity (Wildman–Crippen MR) is 148 cm³/mol.